The molecule has 0 atom stereocenters. The maximum Gasteiger partial charge on any atom is 0.228 e. The van der Waals surface area contributed by atoms with Gasteiger partial charge < -0.3 is 10.2 Å². The zero-order valence-corrected chi connectivity index (χ0v) is 11.3. The molecule has 0 aromatic heterocycles. The molecule has 1 heterocycles. The third kappa shape index (κ3) is 2.82. The fourth-order valence-electron chi connectivity index (χ4n) is 2.99. The Kier molecular flexibility index (Phi) is 4.08. The van der Waals surface area contributed by atoms with Crippen LogP contribution in [-0.4, -0.2) is 37.0 Å². The van der Waals surface area contributed by atoms with E-state index in [9.17, 15) is 4.79 Å². The van der Waals surface area contributed by atoms with E-state index in [1.807, 2.05) is 0 Å². The number of rotatable bonds is 4. The Morgan fingerprint density at radius 3 is 2.47 bits per heavy atom. The van der Waals surface area contributed by atoms with Crippen LogP contribution < -0.4 is 5.32 Å². The Labute approximate surface area is 105 Å². The fraction of sp³-hybridized carbons (Fsp3) is 0.929. The number of hydrogen-bond donors (Lipinski definition) is 1. The van der Waals surface area contributed by atoms with Gasteiger partial charge in [0.25, 0.3) is 0 Å². The normalized spacial score (nSPS) is 24.5. The summed E-state index contributed by atoms with van der Waals surface area (Å²) in [4.78, 5) is 14.4. The molecule has 1 amide bonds. The van der Waals surface area contributed by atoms with Crippen LogP contribution in [0.2, 0.25) is 0 Å². The van der Waals surface area contributed by atoms with E-state index in [0.29, 0.717) is 5.91 Å². The molecule has 0 radical (unpaired) electrons. The van der Waals surface area contributed by atoms with Crippen LogP contribution in [0.1, 0.15) is 46.0 Å². The van der Waals surface area contributed by atoms with Crippen molar-refractivity contribution in [2.45, 2.75) is 46.0 Å². The van der Waals surface area contributed by atoms with Crippen LogP contribution in [0.15, 0.2) is 0 Å². The molecule has 1 saturated heterocycles. The van der Waals surface area contributed by atoms with Crippen molar-refractivity contribution >= 4 is 5.91 Å². The lowest BCUT2D eigenvalue weighted by Gasteiger charge is -2.43. The molecule has 98 valence electrons. The maximum absolute atomic E-state index is 12.3. The van der Waals surface area contributed by atoms with Crippen molar-refractivity contribution in [2.24, 2.45) is 11.3 Å². The number of piperidine rings is 1. The zero-order chi connectivity index (χ0) is 12.3. The zero-order valence-electron chi connectivity index (χ0n) is 11.3. The number of likely N-dealkylation sites (tertiary alicyclic amines) is 1. The molecule has 1 saturated carbocycles. The van der Waals surface area contributed by atoms with Crippen molar-refractivity contribution < 1.29 is 4.79 Å². The van der Waals surface area contributed by atoms with E-state index in [1.54, 1.807) is 0 Å². The summed E-state index contributed by atoms with van der Waals surface area (Å²) < 4.78 is 0. The largest absolute Gasteiger partial charge is 0.342 e. The predicted molar refractivity (Wildman–Crippen MR) is 69.8 cm³/mol. The molecule has 2 fully saturated rings. The molecule has 0 spiro atoms. The average molecular weight is 238 g/mol. The van der Waals surface area contributed by atoms with Gasteiger partial charge in [0, 0.05) is 18.5 Å². The molecule has 0 unspecified atom stereocenters. The van der Waals surface area contributed by atoms with Crippen LogP contribution in [0.4, 0.5) is 0 Å². The summed E-state index contributed by atoms with van der Waals surface area (Å²) in [6.45, 7) is 8.42. The van der Waals surface area contributed by atoms with Gasteiger partial charge in [-0.3, -0.25) is 4.79 Å². The highest BCUT2D eigenvalue weighted by Crippen LogP contribution is 2.42. The lowest BCUT2D eigenvalue weighted by atomic mass is 9.69. The maximum atomic E-state index is 12.3. The number of nitrogens with one attached hydrogen (secondary N) is 1. The van der Waals surface area contributed by atoms with Gasteiger partial charge in [0.15, 0.2) is 0 Å². The minimum absolute atomic E-state index is 0.00545. The lowest BCUT2D eigenvalue weighted by Crippen LogP contribution is -2.49. The van der Waals surface area contributed by atoms with Gasteiger partial charge in [-0.1, -0.05) is 20.3 Å². The van der Waals surface area contributed by atoms with Gasteiger partial charge in [0.2, 0.25) is 5.91 Å². The van der Waals surface area contributed by atoms with Gasteiger partial charge >= 0.3 is 0 Å². The van der Waals surface area contributed by atoms with Crippen molar-refractivity contribution in [3.63, 3.8) is 0 Å². The number of hydrogen-bond acceptors (Lipinski definition) is 2. The van der Waals surface area contributed by atoms with Gasteiger partial charge in [-0.05, 0) is 44.7 Å². The van der Waals surface area contributed by atoms with E-state index in [2.05, 4.69) is 24.1 Å². The first-order valence-electron chi connectivity index (χ1n) is 7.16. The summed E-state index contributed by atoms with van der Waals surface area (Å²) in [5.41, 5.74) is -0.00545. The third-order valence-electron chi connectivity index (χ3n) is 4.56. The summed E-state index contributed by atoms with van der Waals surface area (Å²) in [5.74, 6) is 1.19. The van der Waals surface area contributed by atoms with Crippen LogP contribution in [0.25, 0.3) is 0 Å². The third-order valence-corrected chi connectivity index (χ3v) is 4.56. The number of amides is 1. The summed E-state index contributed by atoms with van der Waals surface area (Å²) in [6, 6.07) is 0. The van der Waals surface area contributed by atoms with Gasteiger partial charge in [-0.15, -0.1) is 0 Å². The van der Waals surface area contributed by atoms with Gasteiger partial charge in [-0.25, -0.2) is 0 Å². The minimum Gasteiger partial charge on any atom is -0.342 e. The summed E-state index contributed by atoms with van der Waals surface area (Å²) >= 11 is 0. The van der Waals surface area contributed by atoms with E-state index in [4.69, 9.17) is 0 Å². The number of carbonyl (C=O) groups is 1. The molecular weight excluding hydrogens is 212 g/mol. The molecule has 3 nitrogen and oxygen atoms in total. The van der Waals surface area contributed by atoms with E-state index < -0.39 is 0 Å². The molecule has 17 heavy (non-hydrogen) atoms. The van der Waals surface area contributed by atoms with Crippen molar-refractivity contribution in [3.8, 4) is 0 Å². The lowest BCUT2D eigenvalue weighted by molar-refractivity contribution is -0.147. The molecule has 0 bridgehead atoms. The molecule has 2 rings (SSSR count). The minimum atomic E-state index is -0.00545. The molecular formula is C14H26N2O. The topological polar surface area (TPSA) is 32.3 Å². The summed E-state index contributed by atoms with van der Waals surface area (Å²) in [5, 5.41) is 3.41. The Hall–Kier alpha value is -0.570. The predicted octanol–water partition coefficient (Wildman–Crippen LogP) is 2.02. The second-order valence-corrected chi connectivity index (χ2v) is 5.96. The first kappa shape index (κ1) is 12.9. The highest BCUT2D eigenvalue weighted by molar-refractivity contribution is 5.83. The second-order valence-electron chi connectivity index (χ2n) is 5.96. The molecule has 1 aliphatic carbocycles. The summed E-state index contributed by atoms with van der Waals surface area (Å²) in [7, 11) is 0. The Bertz CT molecular complexity index is 265. The van der Waals surface area contributed by atoms with Gasteiger partial charge in [0.05, 0.1) is 0 Å². The molecule has 0 aromatic carbocycles. The van der Waals surface area contributed by atoms with Gasteiger partial charge in [-0.2, -0.15) is 0 Å². The van der Waals surface area contributed by atoms with E-state index >= 15 is 0 Å². The van der Waals surface area contributed by atoms with E-state index in [-0.39, 0.29) is 5.41 Å². The van der Waals surface area contributed by atoms with Crippen LogP contribution in [0.3, 0.4) is 0 Å². The number of nitrogens with zero attached hydrogens (tertiary/aromatic N) is 1. The van der Waals surface area contributed by atoms with Crippen LogP contribution in [0, 0.1) is 11.3 Å². The smallest absolute Gasteiger partial charge is 0.228 e. The van der Waals surface area contributed by atoms with Crippen molar-refractivity contribution in [1.29, 1.82) is 0 Å². The van der Waals surface area contributed by atoms with E-state index in [1.165, 1.54) is 19.3 Å². The average Bonchev–Trinajstić information content (AvgIpc) is 2.33. The highest BCUT2D eigenvalue weighted by Gasteiger charge is 2.42. The fourth-order valence-corrected chi connectivity index (χ4v) is 2.99. The SMILES string of the molecule is CCNCC1CCN(C(=O)C2(C)CCC2)CC1. The van der Waals surface area contributed by atoms with Gasteiger partial charge in [0.1, 0.15) is 0 Å². The highest BCUT2D eigenvalue weighted by atomic mass is 16.2. The molecule has 3 heteroatoms. The molecule has 2 aliphatic rings. The van der Waals surface area contributed by atoms with E-state index in [0.717, 1.165) is 44.9 Å². The molecule has 1 aliphatic heterocycles. The van der Waals surface area contributed by atoms with Crippen LogP contribution in [0.5, 0.6) is 0 Å². The molecule has 0 aromatic rings. The second kappa shape index (κ2) is 5.38. The van der Waals surface area contributed by atoms with Crippen LogP contribution in [-0.2, 0) is 4.79 Å². The standard InChI is InChI=1S/C14H26N2O/c1-3-15-11-12-5-9-16(10-6-12)13(17)14(2)7-4-8-14/h12,15H,3-11H2,1-2H3. The number of carbonyl (C=O) groups excluding carboxylic acids is 1. The monoisotopic (exact) mass is 238 g/mol. The van der Waals surface area contributed by atoms with Crippen molar-refractivity contribution in [1.82, 2.24) is 10.2 Å². The summed E-state index contributed by atoms with van der Waals surface area (Å²) in [6.07, 6.45) is 5.79. The quantitative estimate of drug-likeness (QED) is 0.812. The Balaban J connectivity index is 1.76. The Morgan fingerprint density at radius 2 is 2.00 bits per heavy atom. The van der Waals surface area contributed by atoms with Crippen molar-refractivity contribution in [2.75, 3.05) is 26.2 Å². The first-order valence-corrected chi connectivity index (χ1v) is 7.16. The Morgan fingerprint density at radius 1 is 1.35 bits per heavy atom. The molecule has 1 N–H and O–H groups in total. The van der Waals surface area contributed by atoms with Crippen molar-refractivity contribution in [3.05, 3.63) is 0 Å². The van der Waals surface area contributed by atoms with Crippen LogP contribution >= 0.6 is 0 Å². The first-order chi connectivity index (χ1) is 8.15.